The molecule has 0 saturated carbocycles. The monoisotopic (exact) mass is 184 g/mol. The number of rotatable bonds is 0. The van der Waals surface area contributed by atoms with Gasteiger partial charge in [-0.2, -0.15) is 10.5 Å². The minimum atomic E-state index is -1.08. The number of nitriles is 2. The second kappa shape index (κ2) is 3.15. The third kappa shape index (κ3) is 1.08. The predicted molar refractivity (Wildman–Crippen MR) is 48.3 cm³/mol. The molecule has 0 fully saturated rings. The van der Waals surface area contributed by atoms with Gasteiger partial charge in [-0.15, -0.1) is 0 Å². The lowest BCUT2D eigenvalue weighted by atomic mass is 9.75. The molecule has 66 valence electrons. The summed E-state index contributed by atoms with van der Waals surface area (Å²) in [5.41, 5.74) is 1.88. The lowest BCUT2D eigenvalue weighted by molar-refractivity contribution is 0.275. The van der Waals surface area contributed by atoms with Crippen LogP contribution in [-0.2, 0) is 11.3 Å². The molecule has 0 radical (unpaired) electrons. The molecular weight excluding hydrogens is 179 g/mol. The van der Waals surface area contributed by atoms with Crippen molar-refractivity contribution < 1.29 is 9.68 Å². The van der Waals surface area contributed by atoms with Gasteiger partial charge in [-0.3, -0.25) is 0 Å². The first-order chi connectivity index (χ1) is 6.77. The largest absolute Gasteiger partial charge is 0.493 e. The van der Waals surface area contributed by atoms with Crippen LogP contribution < -0.4 is 5.46 Å². The van der Waals surface area contributed by atoms with Crippen molar-refractivity contribution >= 4 is 12.6 Å². The van der Waals surface area contributed by atoms with Crippen molar-refractivity contribution in [2.75, 3.05) is 0 Å². The van der Waals surface area contributed by atoms with Crippen LogP contribution in [0, 0.1) is 22.7 Å². The zero-order valence-corrected chi connectivity index (χ0v) is 7.19. The van der Waals surface area contributed by atoms with Gasteiger partial charge in [-0.1, -0.05) is 0 Å². The molecule has 0 amide bonds. The topological polar surface area (TPSA) is 77.0 Å². The lowest BCUT2D eigenvalue weighted by Crippen LogP contribution is -2.31. The van der Waals surface area contributed by atoms with Gasteiger partial charge in [0.15, 0.2) is 0 Å². The second-order valence-corrected chi connectivity index (χ2v) is 2.94. The lowest BCUT2D eigenvalue weighted by Gasteiger charge is -2.01. The van der Waals surface area contributed by atoms with Crippen LogP contribution in [0.15, 0.2) is 12.1 Å². The average Bonchev–Trinajstić information content (AvgIpc) is 2.60. The Labute approximate surface area is 81.1 Å². The van der Waals surface area contributed by atoms with Gasteiger partial charge in [-0.05, 0) is 17.7 Å². The summed E-state index contributed by atoms with van der Waals surface area (Å²) >= 11 is 0. The molecular formula is C9H5BN2O2. The van der Waals surface area contributed by atoms with Crippen molar-refractivity contribution in [2.24, 2.45) is 0 Å². The van der Waals surface area contributed by atoms with Crippen LogP contribution in [0.2, 0.25) is 0 Å². The van der Waals surface area contributed by atoms with Crippen molar-refractivity contribution in [3.63, 3.8) is 0 Å². The predicted octanol–water partition coefficient (Wildman–Crippen LogP) is -0.352. The third-order valence-electron chi connectivity index (χ3n) is 2.23. The summed E-state index contributed by atoms with van der Waals surface area (Å²) in [5.74, 6) is 0. The molecule has 14 heavy (non-hydrogen) atoms. The molecule has 0 bridgehead atoms. The Morgan fingerprint density at radius 3 is 2.57 bits per heavy atom. The summed E-state index contributed by atoms with van der Waals surface area (Å²) in [4.78, 5) is 0. The number of nitrogens with zero attached hydrogens (tertiary/aromatic N) is 2. The fourth-order valence-corrected chi connectivity index (χ4v) is 1.55. The maximum absolute atomic E-state index is 9.43. The molecule has 0 spiro atoms. The highest BCUT2D eigenvalue weighted by atomic mass is 16.5. The minimum absolute atomic E-state index is 0.189. The Morgan fingerprint density at radius 1 is 1.29 bits per heavy atom. The Kier molecular flexibility index (Phi) is 1.97. The van der Waals surface area contributed by atoms with Crippen LogP contribution in [0.4, 0.5) is 0 Å². The van der Waals surface area contributed by atoms with E-state index in [0.717, 1.165) is 0 Å². The summed E-state index contributed by atoms with van der Waals surface area (Å²) in [7, 11) is -1.08. The highest BCUT2D eigenvalue weighted by Crippen LogP contribution is 2.16. The van der Waals surface area contributed by atoms with E-state index in [-0.39, 0.29) is 6.61 Å². The van der Waals surface area contributed by atoms with E-state index in [1.54, 1.807) is 6.07 Å². The summed E-state index contributed by atoms with van der Waals surface area (Å²) in [6.07, 6.45) is 0. The van der Waals surface area contributed by atoms with E-state index in [1.807, 2.05) is 12.1 Å². The van der Waals surface area contributed by atoms with Crippen LogP contribution in [0.1, 0.15) is 16.7 Å². The highest BCUT2D eigenvalue weighted by molar-refractivity contribution is 6.62. The molecule has 1 aromatic carbocycles. The second-order valence-electron chi connectivity index (χ2n) is 2.94. The maximum Gasteiger partial charge on any atom is 0.493 e. The van der Waals surface area contributed by atoms with Gasteiger partial charge >= 0.3 is 7.12 Å². The maximum atomic E-state index is 9.43. The van der Waals surface area contributed by atoms with Crippen LogP contribution in [0.5, 0.6) is 0 Å². The molecule has 1 aromatic rings. The van der Waals surface area contributed by atoms with Gasteiger partial charge in [0.2, 0.25) is 0 Å². The smallest absolute Gasteiger partial charge is 0.423 e. The van der Waals surface area contributed by atoms with Gasteiger partial charge < -0.3 is 9.68 Å². The zero-order valence-electron chi connectivity index (χ0n) is 7.19. The van der Waals surface area contributed by atoms with Crippen LogP contribution in [-0.4, -0.2) is 12.1 Å². The molecule has 1 aliphatic rings. The molecule has 0 aliphatic carbocycles. The van der Waals surface area contributed by atoms with Crippen LogP contribution in [0.3, 0.4) is 0 Å². The molecule has 0 aromatic heterocycles. The molecule has 0 unspecified atom stereocenters. The molecule has 4 nitrogen and oxygen atoms in total. The van der Waals surface area contributed by atoms with Gasteiger partial charge in [0.25, 0.3) is 0 Å². The number of benzene rings is 1. The average molecular weight is 184 g/mol. The number of hydrogen-bond acceptors (Lipinski definition) is 4. The SMILES string of the molecule is N#Cc1ccc(C#N)c2c1COB2O. The van der Waals surface area contributed by atoms with Crippen molar-refractivity contribution in [1.29, 1.82) is 10.5 Å². The molecule has 1 heterocycles. The molecule has 0 atom stereocenters. The Balaban J connectivity index is 2.71. The van der Waals surface area contributed by atoms with Gasteiger partial charge in [0, 0.05) is 5.46 Å². The van der Waals surface area contributed by atoms with E-state index in [2.05, 4.69) is 0 Å². The van der Waals surface area contributed by atoms with Crippen molar-refractivity contribution in [3.05, 3.63) is 28.8 Å². The first-order valence-electron chi connectivity index (χ1n) is 4.03. The first-order valence-corrected chi connectivity index (χ1v) is 4.03. The van der Waals surface area contributed by atoms with Crippen molar-refractivity contribution in [2.45, 2.75) is 6.61 Å². The fourth-order valence-electron chi connectivity index (χ4n) is 1.55. The quantitative estimate of drug-likeness (QED) is 0.558. The highest BCUT2D eigenvalue weighted by Gasteiger charge is 2.32. The van der Waals surface area contributed by atoms with E-state index in [0.29, 0.717) is 22.2 Å². The fraction of sp³-hybridized carbons (Fsp3) is 0.111. The van der Waals surface area contributed by atoms with Gasteiger partial charge in [-0.25, -0.2) is 0 Å². The minimum Gasteiger partial charge on any atom is -0.423 e. The first kappa shape index (κ1) is 8.77. The Hall–Kier alpha value is -1.82. The molecule has 0 saturated heterocycles. The van der Waals surface area contributed by atoms with Gasteiger partial charge in [0.1, 0.15) is 0 Å². The molecule has 1 aliphatic heterocycles. The van der Waals surface area contributed by atoms with Gasteiger partial charge in [0.05, 0.1) is 29.9 Å². The van der Waals surface area contributed by atoms with E-state index in [9.17, 15) is 5.02 Å². The Bertz CT molecular complexity index is 473. The third-order valence-corrected chi connectivity index (χ3v) is 2.23. The Morgan fingerprint density at radius 2 is 1.93 bits per heavy atom. The molecule has 1 N–H and O–H groups in total. The van der Waals surface area contributed by atoms with Crippen LogP contribution >= 0.6 is 0 Å². The van der Waals surface area contributed by atoms with E-state index in [1.165, 1.54) is 6.07 Å². The van der Waals surface area contributed by atoms with E-state index >= 15 is 0 Å². The summed E-state index contributed by atoms with van der Waals surface area (Å²) in [6, 6.07) is 7.05. The van der Waals surface area contributed by atoms with E-state index < -0.39 is 7.12 Å². The standard InChI is InChI=1S/C9H5BN2O2/c11-3-6-1-2-7(4-12)9-8(6)5-14-10(9)13/h1-2,13H,5H2. The molecule has 2 rings (SSSR count). The van der Waals surface area contributed by atoms with E-state index in [4.69, 9.17) is 15.2 Å². The number of fused-ring (bicyclic) bond motifs is 1. The summed E-state index contributed by atoms with van der Waals surface area (Å²) in [5, 5.41) is 27.0. The molecule has 5 heteroatoms. The zero-order chi connectivity index (χ0) is 10.1. The summed E-state index contributed by atoms with van der Waals surface area (Å²) in [6.45, 7) is 0.189. The summed E-state index contributed by atoms with van der Waals surface area (Å²) < 4.78 is 4.96. The van der Waals surface area contributed by atoms with Crippen molar-refractivity contribution in [3.8, 4) is 12.1 Å². The number of hydrogen-bond donors (Lipinski definition) is 1. The van der Waals surface area contributed by atoms with Crippen LogP contribution in [0.25, 0.3) is 0 Å². The normalized spacial score (nSPS) is 13.2. The van der Waals surface area contributed by atoms with Crippen molar-refractivity contribution in [1.82, 2.24) is 0 Å².